The van der Waals surface area contributed by atoms with Gasteiger partial charge in [-0.15, -0.1) is 0 Å². The largest absolute Gasteiger partial charge is 0.480 e. The minimum absolute atomic E-state index is 0.157. The Morgan fingerprint density at radius 3 is 2.40 bits per heavy atom. The third-order valence-electron chi connectivity index (χ3n) is 1.25. The van der Waals surface area contributed by atoms with Crippen LogP contribution < -0.4 is 5.32 Å². The maximum Gasteiger partial charge on any atom is 0.329 e. The monoisotopic (exact) mass is 143 g/mol. The van der Waals surface area contributed by atoms with Gasteiger partial charge in [-0.2, -0.15) is 0 Å². The number of rotatable bonds is 1. The minimum Gasteiger partial charge on any atom is -0.480 e. The van der Waals surface area contributed by atoms with Gasteiger partial charge in [-0.1, -0.05) is 0 Å². The average Bonchev–Trinajstić information content (AvgIpc) is 2.14. The standard InChI is InChI=1S/C5H5NO4/c7-2-1-6-3(4(2)8)5(9)10/h3,6H,1H2,(H,9,10). The first-order chi connectivity index (χ1) is 4.63. The van der Waals surface area contributed by atoms with Crippen molar-refractivity contribution in [3.05, 3.63) is 0 Å². The molecule has 0 spiro atoms. The highest BCUT2D eigenvalue weighted by Gasteiger charge is 2.36. The van der Waals surface area contributed by atoms with Crippen molar-refractivity contribution in [2.24, 2.45) is 0 Å². The van der Waals surface area contributed by atoms with Crippen LogP contribution in [0.2, 0.25) is 0 Å². The molecule has 5 heteroatoms. The minimum atomic E-state index is -1.31. The topological polar surface area (TPSA) is 83.5 Å². The highest BCUT2D eigenvalue weighted by Crippen LogP contribution is 1.96. The first kappa shape index (κ1) is 6.88. The summed E-state index contributed by atoms with van der Waals surface area (Å²) >= 11 is 0. The first-order valence-corrected chi connectivity index (χ1v) is 2.66. The van der Waals surface area contributed by atoms with Gasteiger partial charge in [-0.05, 0) is 0 Å². The maximum absolute atomic E-state index is 10.6. The number of Topliss-reactive ketones (excluding diaryl/α,β-unsaturated/α-hetero) is 2. The molecule has 0 aromatic heterocycles. The summed E-state index contributed by atoms with van der Waals surface area (Å²) in [5.74, 6) is -2.81. The van der Waals surface area contributed by atoms with Crippen molar-refractivity contribution in [3.63, 3.8) is 0 Å². The van der Waals surface area contributed by atoms with Gasteiger partial charge >= 0.3 is 5.97 Å². The summed E-state index contributed by atoms with van der Waals surface area (Å²) in [5.41, 5.74) is 0. The van der Waals surface area contributed by atoms with Crippen LogP contribution in [0.15, 0.2) is 0 Å². The number of nitrogens with one attached hydrogen (secondary N) is 1. The molecule has 1 rings (SSSR count). The molecule has 1 saturated heterocycles. The average molecular weight is 143 g/mol. The van der Waals surface area contributed by atoms with E-state index in [0.29, 0.717) is 0 Å². The number of ketones is 2. The molecule has 0 saturated carbocycles. The number of hydrogen-bond donors (Lipinski definition) is 2. The second-order valence-electron chi connectivity index (χ2n) is 1.94. The van der Waals surface area contributed by atoms with E-state index in [9.17, 15) is 14.4 Å². The lowest BCUT2D eigenvalue weighted by atomic mass is 10.2. The second kappa shape index (κ2) is 2.18. The van der Waals surface area contributed by atoms with Crippen molar-refractivity contribution in [2.45, 2.75) is 6.04 Å². The van der Waals surface area contributed by atoms with Crippen LogP contribution in [-0.4, -0.2) is 35.2 Å². The zero-order valence-corrected chi connectivity index (χ0v) is 4.96. The van der Waals surface area contributed by atoms with Crippen LogP contribution in [0.25, 0.3) is 0 Å². The normalized spacial score (nSPS) is 25.4. The van der Waals surface area contributed by atoms with Crippen molar-refractivity contribution < 1.29 is 19.5 Å². The number of hydrogen-bond acceptors (Lipinski definition) is 4. The molecule has 0 radical (unpaired) electrons. The van der Waals surface area contributed by atoms with Crippen LogP contribution in [0.5, 0.6) is 0 Å². The van der Waals surface area contributed by atoms with Gasteiger partial charge < -0.3 is 5.11 Å². The van der Waals surface area contributed by atoms with Gasteiger partial charge in [0.25, 0.3) is 0 Å². The van der Waals surface area contributed by atoms with Crippen LogP contribution >= 0.6 is 0 Å². The van der Waals surface area contributed by atoms with Gasteiger partial charge in [0.1, 0.15) is 0 Å². The summed E-state index contributed by atoms with van der Waals surface area (Å²) in [6.45, 7) is -0.157. The quantitative estimate of drug-likeness (QED) is 0.333. The molecule has 0 bridgehead atoms. The van der Waals surface area contributed by atoms with E-state index in [1.165, 1.54) is 0 Å². The van der Waals surface area contributed by atoms with Crippen LogP contribution in [0.3, 0.4) is 0 Å². The lowest BCUT2D eigenvalue weighted by molar-refractivity contribution is -0.144. The van der Waals surface area contributed by atoms with E-state index in [4.69, 9.17) is 5.11 Å². The van der Waals surface area contributed by atoms with Crippen molar-refractivity contribution >= 4 is 17.5 Å². The molecule has 1 aliphatic rings. The molecular weight excluding hydrogens is 138 g/mol. The summed E-state index contributed by atoms with van der Waals surface area (Å²) < 4.78 is 0. The fourth-order valence-electron chi connectivity index (χ4n) is 0.735. The Bertz CT molecular complexity index is 210. The lowest BCUT2D eigenvalue weighted by Crippen LogP contribution is -2.35. The van der Waals surface area contributed by atoms with Crippen molar-refractivity contribution in [1.82, 2.24) is 5.32 Å². The number of aliphatic carboxylic acids is 1. The van der Waals surface area contributed by atoms with E-state index in [1.54, 1.807) is 0 Å². The van der Waals surface area contributed by atoms with Gasteiger partial charge in [0.05, 0.1) is 6.54 Å². The Balaban J connectivity index is 2.76. The van der Waals surface area contributed by atoms with E-state index >= 15 is 0 Å². The molecule has 54 valence electrons. The molecule has 0 aromatic carbocycles. The fraction of sp³-hybridized carbons (Fsp3) is 0.400. The molecule has 0 amide bonds. The molecule has 1 heterocycles. The molecule has 5 nitrogen and oxygen atoms in total. The Kier molecular flexibility index (Phi) is 1.50. The zero-order valence-electron chi connectivity index (χ0n) is 4.96. The SMILES string of the molecule is O=C1CNC(C(=O)O)C1=O. The van der Waals surface area contributed by atoms with E-state index in [0.717, 1.165) is 0 Å². The fourth-order valence-corrected chi connectivity index (χ4v) is 0.735. The number of carbonyl (C=O) groups excluding carboxylic acids is 2. The predicted octanol–water partition coefficient (Wildman–Crippen LogP) is -1.82. The molecule has 1 fully saturated rings. The summed E-state index contributed by atoms with van der Waals surface area (Å²) in [6.07, 6.45) is 0. The zero-order chi connectivity index (χ0) is 7.72. The predicted molar refractivity (Wildman–Crippen MR) is 29.4 cm³/mol. The maximum atomic E-state index is 10.6. The van der Waals surface area contributed by atoms with Gasteiger partial charge in [-0.3, -0.25) is 19.7 Å². The summed E-state index contributed by atoms with van der Waals surface area (Å²) in [4.78, 5) is 31.1. The molecule has 1 aliphatic heterocycles. The highest BCUT2D eigenvalue weighted by atomic mass is 16.4. The van der Waals surface area contributed by atoms with Gasteiger partial charge in [0.2, 0.25) is 11.6 Å². The molecule has 1 unspecified atom stereocenters. The Morgan fingerprint density at radius 2 is 2.20 bits per heavy atom. The smallest absolute Gasteiger partial charge is 0.329 e. The van der Waals surface area contributed by atoms with Gasteiger partial charge in [0, 0.05) is 0 Å². The molecule has 10 heavy (non-hydrogen) atoms. The molecule has 1 atom stereocenters. The first-order valence-electron chi connectivity index (χ1n) is 2.66. The van der Waals surface area contributed by atoms with E-state index in [2.05, 4.69) is 5.32 Å². The molecule has 0 aromatic rings. The van der Waals surface area contributed by atoms with Gasteiger partial charge in [0.15, 0.2) is 6.04 Å². The lowest BCUT2D eigenvalue weighted by Gasteiger charge is -1.97. The van der Waals surface area contributed by atoms with E-state index in [-0.39, 0.29) is 6.54 Å². The van der Waals surface area contributed by atoms with Crippen LogP contribution in [0.1, 0.15) is 0 Å². The number of carboxylic acid groups (broad SMARTS) is 1. The van der Waals surface area contributed by atoms with Crippen LogP contribution in [0.4, 0.5) is 0 Å². The van der Waals surface area contributed by atoms with E-state index in [1.807, 2.05) is 0 Å². The van der Waals surface area contributed by atoms with Crippen molar-refractivity contribution in [1.29, 1.82) is 0 Å². The van der Waals surface area contributed by atoms with Crippen LogP contribution in [0, 0.1) is 0 Å². The molecule has 0 aliphatic carbocycles. The van der Waals surface area contributed by atoms with Crippen LogP contribution in [-0.2, 0) is 14.4 Å². The Hall–Kier alpha value is -1.23. The summed E-state index contributed by atoms with van der Waals surface area (Å²) in [5, 5.41) is 10.5. The van der Waals surface area contributed by atoms with Crippen molar-refractivity contribution in [2.75, 3.05) is 6.54 Å². The molecule has 2 N–H and O–H groups in total. The van der Waals surface area contributed by atoms with Crippen molar-refractivity contribution in [3.8, 4) is 0 Å². The number of carbonyl (C=O) groups is 3. The van der Waals surface area contributed by atoms with E-state index < -0.39 is 23.6 Å². The van der Waals surface area contributed by atoms with Gasteiger partial charge in [-0.25, -0.2) is 0 Å². The summed E-state index contributed by atoms with van der Waals surface area (Å²) in [7, 11) is 0. The summed E-state index contributed by atoms with van der Waals surface area (Å²) in [6, 6.07) is -1.31. The molecular formula is C5H5NO4. The number of carboxylic acids is 1. The third kappa shape index (κ3) is 0.906. The third-order valence-corrected chi connectivity index (χ3v) is 1.25. The Morgan fingerprint density at radius 1 is 1.60 bits per heavy atom. The second-order valence-corrected chi connectivity index (χ2v) is 1.94. The Labute approximate surface area is 56.0 Å². The highest BCUT2D eigenvalue weighted by molar-refractivity contribution is 6.45.